The molecule has 63 valence electrons. The molecule has 1 radical (unpaired) electrons. The highest BCUT2D eigenvalue weighted by atomic mass is 35.5. The van der Waals surface area contributed by atoms with Crippen LogP contribution in [0, 0.1) is 0 Å². The van der Waals surface area contributed by atoms with Gasteiger partial charge in [0.2, 0.25) is 6.67 Å². The van der Waals surface area contributed by atoms with Crippen molar-refractivity contribution in [2.75, 3.05) is 12.5 Å². The van der Waals surface area contributed by atoms with Crippen LogP contribution < -0.4 is 4.90 Å². The van der Waals surface area contributed by atoms with Gasteiger partial charge < -0.3 is 0 Å². The number of hydrogen-bond acceptors (Lipinski definition) is 3. The van der Waals surface area contributed by atoms with Crippen molar-refractivity contribution in [2.24, 2.45) is 4.99 Å². The van der Waals surface area contributed by atoms with Gasteiger partial charge in [0.1, 0.15) is 5.70 Å². The number of nitrogens with zero attached hydrogens (tertiary/aromatic N) is 3. The lowest BCUT2D eigenvalue weighted by atomic mass is 10.4. The molecule has 0 spiro atoms. The van der Waals surface area contributed by atoms with Crippen LogP contribution in [0.4, 0.5) is 4.48 Å². The molecular formula is C7H7ClFN3+. The molecule has 2 aliphatic rings. The molecule has 0 saturated heterocycles. The number of halogens is 2. The van der Waals surface area contributed by atoms with Gasteiger partial charge in [-0.2, -0.15) is 10.1 Å². The Morgan fingerprint density at radius 1 is 1.75 bits per heavy atom. The van der Waals surface area contributed by atoms with Crippen molar-refractivity contribution < 1.29 is 4.48 Å². The van der Waals surface area contributed by atoms with Crippen LogP contribution >= 0.6 is 11.6 Å². The minimum atomic E-state index is 0.190. The first kappa shape index (κ1) is 7.76. The van der Waals surface area contributed by atoms with E-state index in [1.807, 2.05) is 0 Å². The van der Waals surface area contributed by atoms with Gasteiger partial charge in [0.05, 0.1) is 5.88 Å². The third kappa shape index (κ3) is 1.23. The third-order valence-electron chi connectivity index (χ3n) is 1.67. The largest absolute Gasteiger partial charge is 0.285 e. The first-order chi connectivity index (χ1) is 5.79. The highest BCUT2D eigenvalue weighted by Crippen LogP contribution is 2.15. The minimum Gasteiger partial charge on any atom is -0.190 e. The van der Waals surface area contributed by atoms with Crippen LogP contribution in [0.25, 0.3) is 0 Å². The SMILES string of the molecule is FN1C=CC2=NC(CCl)=C[N+]2C1. The summed E-state index contributed by atoms with van der Waals surface area (Å²) in [4.78, 5) is 5.86. The molecule has 0 N–H and O–H groups in total. The summed E-state index contributed by atoms with van der Waals surface area (Å²) in [6.07, 6.45) is 4.71. The Morgan fingerprint density at radius 3 is 3.33 bits per heavy atom. The van der Waals surface area contributed by atoms with Crippen molar-refractivity contribution in [2.45, 2.75) is 0 Å². The zero-order valence-electron chi connectivity index (χ0n) is 6.24. The van der Waals surface area contributed by atoms with Crippen molar-refractivity contribution in [3.05, 3.63) is 24.2 Å². The summed E-state index contributed by atoms with van der Waals surface area (Å²) in [5.74, 6) is 1.11. The molecule has 2 aliphatic heterocycles. The lowest BCUT2D eigenvalue weighted by molar-refractivity contribution is 0.0711. The molecule has 5 heteroatoms. The number of aliphatic imine (C=N–C) groups is 1. The molecule has 2 heterocycles. The molecule has 12 heavy (non-hydrogen) atoms. The van der Waals surface area contributed by atoms with Crippen LogP contribution in [0.5, 0.6) is 0 Å². The van der Waals surface area contributed by atoms with Gasteiger partial charge in [-0.3, -0.25) is 0 Å². The lowest BCUT2D eigenvalue weighted by Gasteiger charge is -2.11. The number of alkyl halides is 1. The fourth-order valence-electron chi connectivity index (χ4n) is 1.14. The van der Waals surface area contributed by atoms with Crippen molar-refractivity contribution in [1.29, 1.82) is 0 Å². The maximum absolute atomic E-state index is 12.6. The molecule has 0 unspecified atom stereocenters. The molecule has 0 saturated carbocycles. The number of allylic oxidation sites excluding steroid dienone is 1. The third-order valence-corrected chi connectivity index (χ3v) is 1.94. The van der Waals surface area contributed by atoms with Crippen molar-refractivity contribution >= 4 is 17.4 Å². The summed E-state index contributed by atoms with van der Waals surface area (Å²) >= 11 is 5.58. The van der Waals surface area contributed by atoms with Crippen molar-refractivity contribution in [3.8, 4) is 0 Å². The molecule has 0 atom stereocenters. The van der Waals surface area contributed by atoms with Crippen LogP contribution in [0.15, 0.2) is 29.2 Å². The minimum absolute atomic E-state index is 0.190. The van der Waals surface area contributed by atoms with Crippen LogP contribution in [-0.4, -0.2) is 23.5 Å². The molecular weight excluding hydrogens is 181 g/mol. The second kappa shape index (κ2) is 2.88. The topological polar surface area (TPSA) is 21.5 Å². The summed E-state index contributed by atoms with van der Waals surface area (Å²) in [5.41, 5.74) is 0.770. The second-order valence-electron chi connectivity index (χ2n) is 2.55. The number of amidine groups is 1. The van der Waals surface area contributed by atoms with Gasteiger partial charge in [-0.15, -0.1) is 11.6 Å². The van der Waals surface area contributed by atoms with E-state index in [1.54, 1.807) is 17.2 Å². The van der Waals surface area contributed by atoms with Gasteiger partial charge in [-0.05, 0) is 0 Å². The molecule has 0 aliphatic carbocycles. The first-order valence-corrected chi connectivity index (χ1v) is 4.05. The van der Waals surface area contributed by atoms with Gasteiger partial charge in [-0.25, -0.2) is 0 Å². The highest BCUT2D eigenvalue weighted by molar-refractivity contribution is 6.19. The molecule has 0 aromatic carbocycles. The van der Waals surface area contributed by atoms with E-state index in [9.17, 15) is 4.48 Å². The maximum Gasteiger partial charge on any atom is 0.285 e. The fraction of sp³-hybridized carbons (Fsp3) is 0.286. The van der Waals surface area contributed by atoms with E-state index >= 15 is 0 Å². The summed E-state index contributed by atoms with van der Waals surface area (Å²) in [7, 11) is 0. The number of rotatable bonds is 1. The van der Waals surface area contributed by atoms with E-state index in [4.69, 9.17) is 11.6 Å². The number of fused-ring (bicyclic) bond motifs is 1. The molecule has 0 fully saturated rings. The Kier molecular flexibility index (Phi) is 1.86. The summed E-state index contributed by atoms with van der Waals surface area (Å²) in [5, 5.41) is 0.590. The normalized spacial score (nSPS) is 22.3. The zero-order valence-corrected chi connectivity index (χ0v) is 7.00. The van der Waals surface area contributed by atoms with Crippen LogP contribution in [0.3, 0.4) is 0 Å². The van der Waals surface area contributed by atoms with E-state index in [0.29, 0.717) is 11.0 Å². The quantitative estimate of drug-likeness (QED) is 0.344. The highest BCUT2D eigenvalue weighted by Gasteiger charge is 2.32. The van der Waals surface area contributed by atoms with E-state index < -0.39 is 0 Å². The summed E-state index contributed by atoms with van der Waals surface area (Å²) in [6.45, 7) is 0.190. The zero-order chi connectivity index (χ0) is 8.55. The average Bonchev–Trinajstić information content (AvgIpc) is 2.46. The monoisotopic (exact) mass is 187 g/mol. The van der Waals surface area contributed by atoms with Gasteiger partial charge in [0, 0.05) is 12.3 Å². The smallest absolute Gasteiger partial charge is 0.190 e. The van der Waals surface area contributed by atoms with Crippen molar-refractivity contribution in [1.82, 2.24) is 10.0 Å². The molecule has 0 amide bonds. The fourth-order valence-corrected chi connectivity index (χ4v) is 1.27. The summed E-state index contributed by atoms with van der Waals surface area (Å²) < 4.78 is 12.6. The Hall–Kier alpha value is -0.870. The van der Waals surface area contributed by atoms with Gasteiger partial charge in [-0.1, -0.05) is 9.38 Å². The van der Waals surface area contributed by atoms with Gasteiger partial charge in [0.25, 0.3) is 5.84 Å². The maximum atomic E-state index is 12.6. The van der Waals surface area contributed by atoms with Crippen LogP contribution in [0.2, 0.25) is 0 Å². The Morgan fingerprint density at radius 2 is 2.58 bits per heavy atom. The van der Waals surface area contributed by atoms with E-state index in [1.165, 1.54) is 6.20 Å². The van der Waals surface area contributed by atoms with Gasteiger partial charge in [0.15, 0.2) is 6.20 Å². The Bertz CT molecular complexity index is 284. The van der Waals surface area contributed by atoms with E-state index in [0.717, 1.165) is 11.5 Å². The Labute approximate surface area is 74.4 Å². The molecule has 0 aromatic rings. The standard InChI is InChI=1S/C7H7ClFN3/c8-3-6-4-11-5-12(9)2-1-7(11)10-6/h1-2,4H,3,5H2/q+1. The summed E-state index contributed by atoms with van der Waals surface area (Å²) in [6, 6.07) is 0. The average molecular weight is 188 g/mol. The molecule has 2 rings (SSSR count). The second-order valence-corrected chi connectivity index (χ2v) is 2.82. The van der Waals surface area contributed by atoms with E-state index in [-0.39, 0.29) is 6.67 Å². The van der Waals surface area contributed by atoms with Crippen molar-refractivity contribution in [3.63, 3.8) is 0 Å². The number of hydrogen-bond donors (Lipinski definition) is 0. The first-order valence-electron chi connectivity index (χ1n) is 3.52. The molecule has 3 nitrogen and oxygen atoms in total. The van der Waals surface area contributed by atoms with E-state index in [2.05, 4.69) is 4.99 Å². The Balaban J connectivity index is 2.22. The lowest BCUT2D eigenvalue weighted by Crippen LogP contribution is -2.38. The predicted molar refractivity (Wildman–Crippen MR) is 45.3 cm³/mol. The van der Waals surface area contributed by atoms with Gasteiger partial charge >= 0.3 is 0 Å². The molecule has 0 aromatic heterocycles. The predicted octanol–water partition coefficient (Wildman–Crippen LogP) is 1.29. The molecule has 0 bridgehead atoms. The van der Waals surface area contributed by atoms with Crippen LogP contribution in [-0.2, 0) is 0 Å². The van der Waals surface area contributed by atoms with Crippen LogP contribution in [0.1, 0.15) is 0 Å².